The van der Waals surface area contributed by atoms with Crippen LogP contribution in [0.5, 0.6) is 5.75 Å². The van der Waals surface area contributed by atoms with Gasteiger partial charge in [0.1, 0.15) is 12.3 Å². The molecule has 1 aromatic rings. The molecule has 6 nitrogen and oxygen atoms in total. The number of amides is 1. The highest BCUT2D eigenvalue weighted by atomic mass is 127. The number of aliphatic imine (C=N–C) groups is 1. The lowest BCUT2D eigenvalue weighted by molar-refractivity contribution is -0.119. The number of halogens is 1. The van der Waals surface area contributed by atoms with Gasteiger partial charge >= 0.3 is 0 Å². The highest BCUT2D eigenvalue weighted by Crippen LogP contribution is 2.18. The van der Waals surface area contributed by atoms with Crippen molar-refractivity contribution in [2.45, 2.75) is 18.9 Å². The number of hydrogen-bond donors (Lipinski definition) is 3. The zero-order valence-electron chi connectivity index (χ0n) is 11.3. The Kier molecular flexibility index (Phi) is 6.56. The molecule has 1 aliphatic carbocycles. The van der Waals surface area contributed by atoms with Gasteiger partial charge in [-0.25, -0.2) is 4.99 Å². The molecule has 0 atom stereocenters. The van der Waals surface area contributed by atoms with E-state index in [-0.39, 0.29) is 42.4 Å². The van der Waals surface area contributed by atoms with Crippen LogP contribution in [-0.2, 0) is 4.79 Å². The summed E-state index contributed by atoms with van der Waals surface area (Å²) in [4.78, 5) is 15.4. The molecule has 0 saturated heterocycles. The topological polar surface area (TPSA) is 88.7 Å². The summed E-state index contributed by atoms with van der Waals surface area (Å²) in [6, 6.07) is 7.66. The number of nitrogens with zero attached hydrogens (tertiary/aromatic N) is 1. The minimum absolute atomic E-state index is 0. The molecule has 0 radical (unpaired) electrons. The monoisotopic (exact) mass is 390 g/mol. The van der Waals surface area contributed by atoms with Crippen LogP contribution in [-0.4, -0.2) is 31.6 Å². The Balaban J connectivity index is 0.00000200. The lowest BCUT2D eigenvalue weighted by Crippen LogP contribution is -2.30. The molecule has 2 rings (SSSR count). The van der Waals surface area contributed by atoms with E-state index in [4.69, 9.17) is 10.5 Å². The van der Waals surface area contributed by atoms with Gasteiger partial charge in [0.2, 0.25) is 5.91 Å². The molecule has 110 valence electrons. The number of carbonyl (C=O) groups excluding carboxylic acids is 1. The second kappa shape index (κ2) is 7.93. The van der Waals surface area contributed by atoms with Gasteiger partial charge < -0.3 is 21.1 Å². The number of ether oxygens (including phenoxy) is 1. The van der Waals surface area contributed by atoms with Crippen LogP contribution in [0.4, 0.5) is 5.69 Å². The van der Waals surface area contributed by atoms with Gasteiger partial charge in [0.05, 0.1) is 7.11 Å². The van der Waals surface area contributed by atoms with Gasteiger partial charge in [0.15, 0.2) is 5.96 Å². The minimum Gasteiger partial charge on any atom is -0.497 e. The lowest BCUT2D eigenvalue weighted by Gasteiger charge is -2.07. The molecular weight excluding hydrogens is 371 g/mol. The minimum atomic E-state index is -0.0992. The predicted molar refractivity (Wildman–Crippen MR) is 89.7 cm³/mol. The maximum Gasteiger partial charge on any atom is 0.242 e. The van der Waals surface area contributed by atoms with E-state index in [0.29, 0.717) is 6.04 Å². The Morgan fingerprint density at radius 1 is 1.50 bits per heavy atom. The number of nitrogens with one attached hydrogen (secondary N) is 2. The van der Waals surface area contributed by atoms with Crippen LogP contribution in [0.3, 0.4) is 0 Å². The van der Waals surface area contributed by atoms with Crippen LogP contribution >= 0.6 is 24.0 Å². The molecule has 0 heterocycles. The molecule has 4 N–H and O–H groups in total. The van der Waals surface area contributed by atoms with E-state index in [9.17, 15) is 4.79 Å². The summed E-state index contributed by atoms with van der Waals surface area (Å²) in [5, 5.41) is 5.75. The maximum atomic E-state index is 11.4. The standard InChI is InChI=1S/C13H18N4O2.HI/c1-19-11-4-2-3-10(7-11)17-13(14)15-8-12(18)16-9-5-6-9;/h2-4,7,9H,5-6,8H2,1H3,(H,16,18)(H3,14,15,17);1H. The van der Waals surface area contributed by atoms with Crippen molar-refractivity contribution in [3.63, 3.8) is 0 Å². The molecule has 1 saturated carbocycles. The molecule has 7 heteroatoms. The predicted octanol–water partition coefficient (Wildman–Crippen LogP) is 1.32. The van der Waals surface area contributed by atoms with E-state index in [2.05, 4.69) is 15.6 Å². The smallest absolute Gasteiger partial charge is 0.242 e. The fraction of sp³-hybridized carbons (Fsp3) is 0.385. The summed E-state index contributed by atoms with van der Waals surface area (Å²) >= 11 is 0. The number of benzene rings is 1. The van der Waals surface area contributed by atoms with Crippen molar-refractivity contribution >= 4 is 41.5 Å². The summed E-state index contributed by atoms with van der Waals surface area (Å²) in [6.45, 7) is 0.0410. The molecular formula is C13H19IN4O2. The molecule has 20 heavy (non-hydrogen) atoms. The summed E-state index contributed by atoms with van der Waals surface area (Å²) in [5.74, 6) is 0.835. The van der Waals surface area contributed by atoms with Crippen molar-refractivity contribution < 1.29 is 9.53 Å². The number of carbonyl (C=O) groups is 1. The van der Waals surface area contributed by atoms with Crippen molar-refractivity contribution in [2.75, 3.05) is 19.0 Å². The Morgan fingerprint density at radius 2 is 2.25 bits per heavy atom. The van der Waals surface area contributed by atoms with Crippen molar-refractivity contribution in [3.8, 4) is 5.75 Å². The summed E-state index contributed by atoms with van der Waals surface area (Å²) < 4.78 is 5.10. The lowest BCUT2D eigenvalue weighted by atomic mass is 10.3. The van der Waals surface area contributed by atoms with Crippen LogP contribution in [0.2, 0.25) is 0 Å². The summed E-state index contributed by atoms with van der Waals surface area (Å²) in [7, 11) is 1.60. The molecule has 1 amide bonds. The molecule has 1 aliphatic rings. The third kappa shape index (κ3) is 5.64. The molecule has 0 aromatic heterocycles. The quantitative estimate of drug-likeness (QED) is 0.402. The number of rotatable bonds is 5. The van der Waals surface area contributed by atoms with E-state index < -0.39 is 0 Å². The average Bonchev–Trinajstić information content (AvgIpc) is 3.20. The van der Waals surface area contributed by atoms with Crippen LogP contribution in [0.25, 0.3) is 0 Å². The second-order valence-electron chi connectivity index (χ2n) is 4.40. The van der Waals surface area contributed by atoms with Crippen LogP contribution in [0.15, 0.2) is 29.3 Å². The van der Waals surface area contributed by atoms with E-state index in [1.165, 1.54) is 0 Å². The highest BCUT2D eigenvalue weighted by Gasteiger charge is 2.22. The van der Waals surface area contributed by atoms with Gasteiger partial charge in [-0.05, 0) is 25.0 Å². The zero-order chi connectivity index (χ0) is 13.7. The number of anilines is 1. The van der Waals surface area contributed by atoms with Gasteiger partial charge in [-0.1, -0.05) is 6.07 Å². The third-order valence-electron chi connectivity index (χ3n) is 2.68. The van der Waals surface area contributed by atoms with Crippen LogP contribution in [0, 0.1) is 0 Å². The molecule has 0 aliphatic heterocycles. The first-order chi connectivity index (χ1) is 9.17. The Hall–Kier alpha value is -1.51. The Labute approximate surface area is 135 Å². The van der Waals surface area contributed by atoms with Gasteiger partial charge in [-0.3, -0.25) is 4.79 Å². The fourth-order valence-electron chi connectivity index (χ4n) is 1.55. The number of methoxy groups -OCH3 is 1. The zero-order valence-corrected chi connectivity index (χ0v) is 13.6. The molecule has 1 aromatic carbocycles. The van der Waals surface area contributed by atoms with Gasteiger partial charge in [-0.15, -0.1) is 24.0 Å². The van der Waals surface area contributed by atoms with E-state index in [0.717, 1.165) is 24.3 Å². The SMILES string of the molecule is COc1cccc(NC(N)=NCC(=O)NC2CC2)c1.I. The van der Waals surface area contributed by atoms with Crippen LogP contribution in [0.1, 0.15) is 12.8 Å². The molecule has 1 fully saturated rings. The third-order valence-corrected chi connectivity index (χ3v) is 2.68. The number of guanidine groups is 1. The van der Waals surface area contributed by atoms with Gasteiger partial charge in [0, 0.05) is 17.8 Å². The van der Waals surface area contributed by atoms with Gasteiger partial charge in [-0.2, -0.15) is 0 Å². The average molecular weight is 390 g/mol. The normalized spacial score (nSPS) is 14.2. The molecule has 0 bridgehead atoms. The maximum absolute atomic E-state index is 11.4. The summed E-state index contributed by atoms with van der Waals surface area (Å²) in [6.07, 6.45) is 2.12. The first-order valence-corrected chi connectivity index (χ1v) is 6.18. The Bertz CT molecular complexity index is 489. The highest BCUT2D eigenvalue weighted by molar-refractivity contribution is 14.0. The van der Waals surface area contributed by atoms with E-state index >= 15 is 0 Å². The van der Waals surface area contributed by atoms with Crippen LogP contribution < -0.4 is 21.1 Å². The van der Waals surface area contributed by atoms with Crippen molar-refractivity contribution in [3.05, 3.63) is 24.3 Å². The Morgan fingerprint density at radius 3 is 2.90 bits per heavy atom. The second-order valence-corrected chi connectivity index (χ2v) is 4.40. The van der Waals surface area contributed by atoms with E-state index in [1.807, 2.05) is 18.2 Å². The largest absolute Gasteiger partial charge is 0.497 e. The molecule has 0 spiro atoms. The first kappa shape index (κ1) is 16.5. The van der Waals surface area contributed by atoms with E-state index in [1.54, 1.807) is 13.2 Å². The van der Waals surface area contributed by atoms with Crippen molar-refractivity contribution in [2.24, 2.45) is 10.7 Å². The fourth-order valence-corrected chi connectivity index (χ4v) is 1.55. The first-order valence-electron chi connectivity index (χ1n) is 6.18. The van der Waals surface area contributed by atoms with Crippen molar-refractivity contribution in [1.29, 1.82) is 0 Å². The summed E-state index contributed by atoms with van der Waals surface area (Å²) in [5.41, 5.74) is 6.48. The number of hydrogen-bond acceptors (Lipinski definition) is 3. The van der Waals surface area contributed by atoms with Crippen molar-refractivity contribution in [1.82, 2.24) is 5.32 Å². The van der Waals surface area contributed by atoms with Gasteiger partial charge in [0.25, 0.3) is 0 Å². The molecule has 0 unspecified atom stereocenters. The number of nitrogens with two attached hydrogens (primary N) is 1.